The Labute approximate surface area is 382 Å². The molecule has 364 valence electrons. The van der Waals surface area contributed by atoms with Crippen LogP contribution in [0.2, 0.25) is 0 Å². The van der Waals surface area contributed by atoms with Crippen LogP contribution < -0.4 is 9.47 Å². The number of hydrogen-bond donors (Lipinski definition) is 0. The first kappa shape index (κ1) is 56.8. The average molecular weight is 893 g/mol. The Hall–Kier alpha value is -2.36. The standard InChI is InChI=1S/C51H88O12/c1-3-5-7-9-11-13-15-17-49-20-24-51(25-21-49)63-47-45-61-43-41-59-39-37-57-35-33-55-31-29-53-27-26-52-28-30-54-32-34-56-36-38-58-40-42-60-44-46-62-50-22-18-48(19-23-50)16-14-12-10-8-6-4-2/h18-25H,3-17,26-47H2,1-2H3. The molecule has 0 fully saturated rings. The Balaban J connectivity index is 1.18. The highest BCUT2D eigenvalue weighted by Crippen LogP contribution is 2.17. The van der Waals surface area contributed by atoms with Crippen molar-refractivity contribution >= 4 is 0 Å². The van der Waals surface area contributed by atoms with Crippen LogP contribution in [0.25, 0.3) is 0 Å². The molecule has 0 aliphatic rings. The molecule has 0 radical (unpaired) electrons. The van der Waals surface area contributed by atoms with Crippen LogP contribution in [0.1, 0.15) is 108 Å². The Morgan fingerprint density at radius 2 is 0.444 bits per heavy atom. The molecular formula is C51H88O12. The van der Waals surface area contributed by atoms with Crippen molar-refractivity contribution in [2.45, 2.75) is 110 Å². The highest BCUT2D eigenvalue weighted by molar-refractivity contribution is 5.28. The van der Waals surface area contributed by atoms with Gasteiger partial charge in [-0.2, -0.15) is 0 Å². The molecule has 2 aromatic rings. The summed E-state index contributed by atoms with van der Waals surface area (Å²) in [6.45, 7) is 15.9. The molecule has 12 heteroatoms. The maximum absolute atomic E-state index is 5.80. The average Bonchev–Trinajstić information content (AvgIpc) is 3.31. The van der Waals surface area contributed by atoms with Gasteiger partial charge in [0.05, 0.1) is 132 Å². The normalized spacial score (nSPS) is 11.5. The molecule has 63 heavy (non-hydrogen) atoms. The van der Waals surface area contributed by atoms with E-state index in [0.29, 0.717) is 145 Å². The van der Waals surface area contributed by atoms with Gasteiger partial charge in [0.2, 0.25) is 0 Å². The lowest BCUT2D eigenvalue weighted by Crippen LogP contribution is -2.15. The van der Waals surface area contributed by atoms with E-state index in [1.165, 1.54) is 94.6 Å². The summed E-state index contributed by atoms with van der Waals surface area (Å²) < 4.78 is 67.2. The first-order valence-corrected chi connectivity index (χ1v) is 24.5. The molecule has 0 bridgehead atoms. The molecule has 0 atom stereocenters. The summed E-state index contributed by atoms with van der Waals surface area (Å²) >= 11 is 0. The van der Waals surface area contributed by atoms with E-state index >= 15 is 0 Å². The van der Waals surface area contributed by atoms with E-state index in [4.69, 9.17) is 56.8 Å². The van der Waals surface area contributed by atoms with Crippen molar-refractivity contribution in [2.75, 3.05) is 145 Å². The van der Waals surface area contributed by atoms with Crippen LogP contribution in [0.4, 0.5) is 0 Å². The molecule has 0 amide bonds. The second kappa shape index (κ2) is 46.2. The highest BCUT2D eigenvalue weighted by Gasteiger charge is 2.01. The Kier molecular flexibility index (Phi) is 41.6. The number of benzene rings is 2. The number of hydrogen-bond acceptors (Lipinski definition) is 12. The molecule has 2 rings (SSSR count). The zero-order chi connectivity index (χ0) is 44.6. The van der Waals surface area contributed by atoms with Crippen LogP contribution in [0, 0.1) is 0 Å². The molecule has 0 aliphatic heterocycles. The first-order chi connectivity index (χ1) is 31.3. The second-order valence-corrected chi connectivity index (χ2v) is 15.5. The van der Waals surface area contributed by atoms with Crippen LogP contribution in [-0.4, -0.2) is 145 Å². The summed E-state index contributed by atoms with van der Waals surface area (Å²) in [6.07, 6.45) is 19.6. The minimum Gasteiger partial charge on any atom is -0.491 e. The third-order valence-corrected chi connectivity index (χ3v) is 10.1. The van der Waals surface area contributed by atoms with Crippen LogP contribution in [0.3, 0.4) is 0 Å². The van der Waals surface area contributed by atoms with Gasteiger partial charge in [0, 0.05) is 0 Å². The number of rotatable bonds is 50. The van der Waals surface area contributed by atoms with E-state index in [2.05, 4.69) is 62.4 Å². The summed E-state index contributed by atoms with van der Waals surface area (Å²) in [5.74, 6) is 1.77. The predicted octanol–water partition coefficient (Wildman–Crippen LogP) is 9.51. The zero-order valence-corrected chi connectivity index (χ0v) is 39.7. The number of ether oxygens (including phenoxy) is 12. The lowest BCUT2D eigenvalue weighted by molar-refractivity contribution is -0.0269. The summed E-state index contributed by atoms with van der Waals surface area (Å²) in [7, 11) is 0. The van der Waals surface area contributed by atoms with Gasteiger partial charge in [-0.15, -0.1) is 0 Å². The van der Waals surface area contributed by atoms with E-state index in [1.54, 1.807) is 0 Å². The van der Waals surface area contributed by atoms with Crippen molar-refractivity contribution in [1.29, 1.82) is 0 Å². The fourth-order valence-corrected chi connectivity index (χ4v) is 6.42. The molecule has 0 aromatic heterocycles. The van der Waals surface area contributed by atoms with E-state index in [1.807, 2.05) is 0 Å². The molecule has 0 unspecified atom stereocenters. The minimum absolute atomic E-state index is 0.511. The van der Waals surface area contributed by atoms with Gasteiger partial charge in [0.1, 0.15) is 24.7 Å². The van der Waals surface area contributed by atoms with E-state index in [-0.39, 0.29) is 0 Å². The third-order valence-electron chi connectivity index (χ3n) is 10.1. The van der Waals surface area contributed by atoms with Gasteiger partial charge in [-0.05, 0) is 61.1 Å². The van der Waals surface area contributed by atoms with Gasteiger partial charge in [0.25, 0.3) is 0 Å². The van der Waals surface area contributed by atoms with Crippen LogP contribution in [-0.2, 0) is 60.2 Å². The third kappa shape index (κ3) is 38.6. The van der Waals surface area contributed by atoms with Gasteiger partial charge < -0.3 is 56.8 Å². The van der Waals surface area contributed by atoms with Crippen molar-refractivity contribution in [3.8, 4) is 11.5 Å². The molecular weight excluding hydrogens is 805 g/mol. The highest BCUT2D eigenvalue weighted by atomic mass is 16.6. The molecule has 0 heterocycles. The molecule has 0 aliphatic carbocycles. The van der Waals surface area contributed by atoms with E-state index < -0.39 is 0 Å². The molecule has 2 aromatic carbocycles. The fraction of sp³-hybridized carbons (Fsp3) is 0.765. The van der Waals surface area contributed by atoms with Crippen molar-refractivity contribution in [1.82, 2.24) is 0 Å². The van der Waals surface area contributed by atoms with Crippen LogP contribution >= 0.6 is 0 Å². The van der Waals surface area contributed by atoms with Crippen molar-refractivity contribution in [3.05, 3.63) is 59.7 Å². The van der Waals surface area contributed by atoms with Gasteiger partial charge >= 0.3 is 0 Å². The number of aryl methyl sites for hydroxylation is 2. The molecule has 0 saturated heterocycles. The maximum atomic E-state index is 5.80. The maximum Gasteiger partial charge on any atom is 0.119 e. The van der Waals surface area contributed by atoms with E-state index in [9.17, 15) is 0 Å². The Morgan fingerprint density at radius 1 is 0.238 bits per heavy atom. The van der Waals surface area contributed by atoms with Gasteiger partial charge in [-0.3, -0.25) is 0 Å². The number of unbranched alkanes of at least 4 members (excludes halogenated alkanes) is 11. The predicted molar refractivity (Wildman–Crippen MR) is 251 cm³/mol. The molecule has 12 nitrogen and oxygen atoms in total. The topological polar surface area (TPSA) is 111 Å². The van der Waals surface area contributed by atoms with Crippen molar-refractivity contribution in [3.63, 3.8) is 0 Å². The van der Waals surface area contributed by atoms with Crippen LogP contribution in [0.5, 0.6) is 11.5 Å². The molecule has 0 N–H and O–H groups in total. The molecule has 0 spiro atoms. The quantitative estimate of drug-likeness (QED) is 0.0591. The summed E-state index contributed by atoms with van der Waals surface area (Å²) in [6, 6.07) is 16.9. The lowest BCUT2D eigenvalue weighted by Gasteiger charge is -2.09. The monoisotopic (exact) mass is 893 g/mol. The van der Waals surface area contributed by atoms with E-state index in [0.717, 1.165) is 24.3 Å². The van der Waals surface area contributed by atoms with Gasteiger partial charge in [0.15, 0.2) is 0 Å². The van der Waals surface area contributed by atoms with Crippen molar-refractivity contribution in [2.24, 2.45) is 0 Å². The first-order valence-electron chi connectivity index (χ1n) is 24.5. The summed E-state index contributed by atoms with van der Waals surface area (Å²) in [4.78, 5) is 0. The SMILES string of the molecule is CCCCCCCCCc1ccc(OCCOCCOCCOCCOCCOCCOCCOCCOCCOCCOCCOc2ccc(CCCCCCCC)cc2)cc1. The second-order valence-electron chi connectivity index (χ2n) is 15.5. The Morgan fingerprint density at radius 3 is 0.683 bits per heavy atom. The van der Waals surface area contributed by atoms with Crippen LogP contribution in [0.15, 0.2) is 48.5 Å². The van der Waals surface area contributed by atoms with Gasteiger partial charge in [-0.1, -0.05) is 109 Å². The largest absolute Gasteiger partial charge is 0.491 e. The Bertz CT molecular complexity index is 1190. The summed E-state index contributed by atoms with van der Waals surface area (Å²) in [5, 5.41) is 0. The van der Waals surface area contributed by atoms with Gasteiger partial charge in [-0.25, -0.2) is 0 Å². The summed E-state index contributed by atoms with van der Waals surface area (Å²) in [5.41, 5.74) is 2.76. The fourth-order valence-electron chi connectivity index (χ4n) is 6.42. The minimum atomic E-state index is 0.511. The smallest absolute Gasteiger partial charge is 0.119 e. The zero-order valence-electron chi connectivity index (χ0n) is 39.7. The van der Waals surface area contributed by atoms with Crippen molar-refractivity contribution < 1.29 is 56.8 Å². The molecule has 0 saturated carbocycles. The lowest BCUT2D eigenvalue weighted by atomic mass is 10.0.